The highest BCUT2D eigenvalue weighted by Gasteiger charge is 2.41. The third kappa shape index (κ3) is 3.28. The van der Waals surface area contributed by atoms with E-state index in [0.29, 0.717) is 13.0 Å². The normalized spacial score (nSPS) is 19.8. The Bertz CT molecular complexity index is 635. The zero-order valence-electron chi connectivity index (χ0n) is 13.5. The first-order chi connectivity index (χ1) is 11.1. The monoisotopic (exact) mass is 314 g/mol. The number of imide groups is 2. The predicted molar refractivity (Wildman–Crippen MR) is 85.7 cm³/mol. The summed E-state index contributed by atoms with van der Waals surface area (Å²) in [5.41, 5.74) is 2.25. The van der Waals surface area contributed by atoms with Crippen molar-refractivity contribution in [3.8, 4) is 0 Å². The summed E-state index contributed by atoms with van der Waals surface area (Å²) in [5.74, 6) is -0.708. The quantitative estimate of drug-likeness (QED) is 0.803. The topological polar surface area (TPSA) is 57.7 Å². The van der Waals surface area contributed by atoms with Crippen molar-refractivity contribution in [1.29, 1.82) is 0 Å². The minimum Gasteiger partial charge on any atom is -0.274 e. The van der Waals surface area contributed by atoms with Crippen LogP contribution in [0.5, 0.6) is 0 Å². The highest BCUT2D eigenvalue weighted by molar-refractivity contribution is 6.14. The molecule has 1 saturated heterocycles. The Balaban J connectivity index is 1.71. The van der Waals surface area contributed by atoms with Gasteiger partial charge >= 0.3 is 6.03 Å². The summed E-state index contributed by atoms with van der Waals surface area (Å²) in [7, 11) is 0. The summed E-state index contributed by atoms with van der Waals surface area (Å²) >= 11 is 0. The van der Waals surface area contributed by atoms with Gasteiger partial charge in [0.25, 0.3) is 0 Å². The summed E-state index contributed by atoms with van der Waals surface area (Å²) < 4.78 is 0. The molecular formula is C18H22N2O3. The molecule has 1 aromatic rings. The van der Waals surface area contributed by atoms with Crippen molar-refractivity contribution < 1.29 is 14.4 Å². The fraction of sp³-hybridized carbons (Fsp3) is 0.500. The molecule has 5 nitrogen and oxygen atoms in total. The van der Waals surface area contributed by atoms with E-state index in [1.54, 1.807) is 0 Å². The minimum absolute atomic E-state index is 0.0235. The van der Waals surface area contributed by atoms with E-state index in [2.05, 4.69) is 6.07 Å². The maximum Gasteiger partial charge on any atom is 0.333 e. The molecule has 0 atom stereocenters. The van der Waals surface area contributed by atoms with Gasteiger partial charge in [-0.15, -0.1) is 0 Å². The lowest BCUT2D eigenvalue weighted by Gasteiger charge is -2.36. The van der Waals surface area contributed by atoms with Crippen molar-refractivity contribution in [1.82, 2.24) is 9.80 Å². The van der Waals surface area contributed by atoms with Crippen molar-refractivity contribution in [3.05, 3.63) is 35.4 Å². The second-order valence-corrected chi connectivity index (χ2v) is 6.45. The molecule has 1 aliphatic heterocycles. The molecule has 0 bridgehead atoms. The second-order valence-electron chi connectivity index (χ2n) is 6.45. The van der Waals surface area contributed by atoms with Crippen LogP contribution in [0.2, 0.25) is 0 Å². The number of rotatable bonds is 4. The fourth-order valence-electron chi connectivity index (χ4n) is 3.50. The van der Waals surface area contributed by atoms with E-state index < -0.39 is 6.03 Å². The first-order valence-corrected chi connectivity index (χ1v) is 8.28. The fourth-order valence-corrected chi connectivity index (χ4v) is 3.50. The average Bonchev–Trinajstić information content (AvgIpc) is 3.00. The van der Waals surface area contributed by atoms with Gasteiger partial charge < -0.3 is 0 Å². The van der Waals surface area contributed by atoms with Gasteiger partial charge in [0.1, 0.15) is 6.42 Å². The number of urea groups is 1. The van der Waals surface area contributed by atoms with Crippen molar-refractivity contribution in [2.75, 3.05) is 6.54 Å². The molecule has 0 unspecified atom stereocenters. The van der Waals surface area contributed by atoms with Crippen LogP contribution < -0.4 is 0 Å². The first kappa shape index (κ1) is 15.7. The molecule has 1 aromatic carbocycles. The van der Waals surface area contributed by atoms with Crippen LogP contribution in [0.15, 0.2) is 24.3 Å². The Hall–Kier alpha value is -2.17. The third-order valence-electron chi connectivity index (χ3n) is 4.71. The highest BCUT2D eigenvalue weighted by atomic mass is 16.2. The molecule has 2 fully saturated rings. The van der Waals surface area contributed by atoms with Crippen molar-refractivity contribution in [2.24, 2.45) is 0 Å². The molecule has 0 N–H and O–H groups in total. The molecule has 0 radical (unpaired) electrons. The van der Waals surface area contributed by atoms with E-state index in [-0.39, 0.29) is 24.3 Å². The van der Waals surface area contributed by atoms with Crippen molar-refractivity contribution in [2.45, 2.75) is 51.5 Å². The maximum atomic E-state index is 12.6. The van der Waals surface area contributed by atoms with E-state index in [4.69, 9.17) is 0 Å². The third-order valence-corrected chi connectivity index (χ3v) is 4.71. The zero-order valence-corrected chi connectivity index (χ0v) is 13.5. The SMILES string of the molecule is Cc1cccc(CCN2C(=O)CC(=O)N(C3CCCC3)C2=O)c1. The Morgan fingerprint density at radius 3 is 2.52 bits per heavy atom. The zero-order chi connectivity index (χ0) is 16.4. The number of carbonyl (C=O) groups excluding carboxylic acids is 3. The lowest BCUT2D eigenvalue weighted by molar-refractivity contribution is -0.143. The standard InChI is InChI=1S/C18H22N2O3/c1-13-5-4-6-14(11-13)9-10-19-16(21)12-17(22)20(18(19)23)15-7-2-3-8-15/h4-6,11,15H,2-3,7-10,12H2,1H3. The van der Waals surface area contributed by atoms with Gasteiger partial charge in [-0.3, -0.25) is 19.4 Å². The van der Waals surface area contributed by atoms with Crippen LogP contribution in [0.3, 0.4) is 0 Å². The van der Waals surface area contributed by atoms with Crippen LogP contribution in [0.25, 0.3) is 0 Å². The average molecular weight is 314 g/mol. The summed E-state index contributed by atoms with van der Waals surface area (Å²) in [6, 6.07) is 7.58. The lowest BCUT2D eigenvalue weighted by atomic mass is 10.1. The number of carbonyl (C=O) groups is 3. The predicted octanol–water partition coefficient (Wildman–Crippen LogP) is 2.66. The van der Waals surface area contributed by atoms with E-state index in [1.165, 1.54) is 9.80 Å². The van der Waals surface area contributed by atoms with Gasteiger partial charge in [0.05, 0.1) is 0 Å². The Kier molecular flexibility index (Phi) is 4.46. The Morgan fingerprint density at radius 2 is 1.83 bits per heavy atom. The first-order valence-electron chi connectivity index (χ1n) is 8.28. The van der Waals surface area contributed by atoms with Crippen LogP contribution in [-0.2, 0) is 16.0 Å². The second kappa shape index (κ2) is 6.52. The Morgan fingerprint density at radius 1 is 1.09 bits per heavy atom. The van der Waals surface area contributed by atoms with Gasteiger partial charge in [0, 0.05) is 12.6 Å². The van der Waals surface area contributed by atoms with Gasteiger partial charge in [0.2, 0.25) is 11.8 Å². The van der Waals surface area contributed by atoms with Crippen LogP contribution >= 0.6 is 0 Å². The maximum absolute atomic E-state index is 12.6. The number of barbiturate groups is 1. The number of nitrogens with zero attached hydrogens (tertiary/aromatic N) is 2. The molecule has 4 amide bonds. The largest absolute Gasteiger partial charge is 0.333 e. The van der Waals surface area contributed by atoms with Crippen LogP contribution in [0.4, 0.5) is 4.79 Å². The Labute approximate surface area is 136 Å². The summed E-state index contributed by atoms with van der Waals surface area (Å²) in [5, 5.41) is 0. The molecule has 1 heterocycles. The van der Waals surface area contributed by atoms with Crippen LogP contribution in [-0.4, -0.2) is 40.2 Å². The molecule has 5 heteroatoms. The van der Waals surface area contributed by atoms with Crippen LogP contribution in [0.1, 0.15) is 43.2 Å². The summed E-state index contributed by atoms with van der Waals surface area (Å²) in [4.78, 5) is 39.5. The molecule has 3 rings (SSSR count). The highest BCUT2D eigenvalue weighted by Crippen LogP contribution is 2.27. The molecule has 122 valence electrons. The smallest absolute Gasteiger partial charge is 0.274 e. The van der Waals surface area contributed by atoms with Gasteiger partial charge in [-0.05, 0) is 31.7 Å². The number of hydrogen-bond donors (Lipinski definition) is 0. The number of aryl methyl sites for hydroxylation is 1. The van der Waals surface area contributed by atoms with Crippen LogP contribution in [0, 0.1) is 6.92 Å². The molecular weight excluding hydrogens is 292 g/mol. The summed E-state index contributed by atoms with van der Waals surface area (Å²) in [6.07, 6.45) is 4.23. The molecule has 1 aliphatic carbocycles. The van der Waals surface area contributed by atoms with Gasteiger partial charge in [0.15, 0.2) is 0 Å². The number of benzene rings is 1. The number of hydrogen-bond acceptors (Lipinski definition) is 3. The van der Waals surface area contributed by atoms with Crippen molar-refractivity contribution >= 4 is 17.8 Å². The van der Waals surface area contributed by atoms with Gasteiger partial charge in [-0.1, -0.05) is 42.7 Å². The molecule has 1 saturated carbocycles. The lowest BCUT2D eigenvalue weighted by Crippen LogP contribution is -2.58. The molecule has 0 aromatic heterocycles. The minimum atomic E-state index is -0.425. The summed E-state index contributed by atoms with van der Waals surface area (Å²) in [6.45, 7) is 2.35. The van der Waals surface area contributed by atoms with E-state index in [1.807, 2.05) is 25.1 Å². The van der Waals surface area contributed by atoms with E-state index in [0.717, 1.165) is 36.8 Å². The molecule has 0 spiro atoms. The molecule has 2 aliphatic rings. The van der Waals surface area contributed by atoms with E-state index in [9.17, 15) is 14.4 Å². The van der Waals surface area contributed by atoms with Gasteiger partial charge in [-0.25, -0.2) is 4.79 Å². The molecule has 23 heavy (non-hydrogen) atoms. The van der Waals surface area contributed by atoms with E-state index >= 15 is 0 Å². The van der Waals surface area contributed by atoms with Gasteiger partial charge in [-0.2, -0.15) is 0 Å². The van der Waals surface area contributed by atoms with Crippen molar-refractivity contribution in [3.63, 3.8) is 0 Å². The number of amides is 4.